The summed E-state index contributed by atoms with van der Waals surface area (Å²) >= 11 is 0. The number of rotatable bonds is 9. The van der Waals surface area contributed by atoms with Gasteiger partial charge in [0.15, 0.2) is 0 Å². The smallest absolute Gasteiger partial charge is 0.497 e. The van der Waals surface area contributed by atoms with Crippen LogP contribution >= 0.6 is 7.82 Å². The fourth-order valence-corrected chi connectivity index (χ4v) is 3.60. The van der Waals surface area contributed by atoms with Gasteiger partial charge < -0.3 is 23.0 Å². The second-order valence-corrected chi connectivity index (χ2v) is 7.27. The molecular formula is C20H18NO8P. The van der Waals surface area contributed by atoms with Gasteiger partial charge in [0.25, 0.3) is 5.69 Å². The Labute approximate surface area is 172 Å². The van der Waals surface area contributed by atoms with Crippen molar-refractivity contribution in [1.82, 2.24) is 0 Å². The van der Waals surface area contributed by atoms with Crippen molar-refractivity contribution < 1.29 is 32.5 Å². The average Bonchev–Trinajstić information content (AvgIpc) is 2.75. The number of hydrogen-bond acceptors (Lipinski definition) is 8. The Hall–Kier alpha value is -3.71. The first-order valence-corrected chi connectivity index (χ1v) is 10.1. The third-order valence-electron chi connectivity index (χ3n) is 3.82. The van der Waals surface area contributed by atoms with Gasteiger partial charge in [0, 0.05) is 12.1 Å². The van der Waals surface area contributed by atoms with Crippen LogP contribution < -0.4 is 23.0 Å². The van der Waals surface area contributed by atoms with Crippen molar-refractivity contribution in [3.05, 3.63) is 82.9 Å². The highest BCUT2D eigenvalue weighted by molar-refractivity contribution is 7.49. The lowest BCUT2D eigenvalue weighted by Crippen LogP contribution is -2.07. The molecule has 0 saturated carbocycles. The molecule has 0 spiro atoms. The molecule has 156 valence electrons. The van der Waals surface area contributed by atoms with E-state index in [2.05, 4.69) is 0 Å². The predicted molar refractivity (Wildman–Crippen MR) is 109 cm³/mol. The molecule has 0 heterocycles. The van der Waals surface area contributed by atoms with Crippen LogP contribution in [0.5, 0.6) is 28.7 Å². The largest absolute Gasteiger partial charge is 0.647 e. The second kappa shape index (κ2) is 9.19. The Balaban J connectivity index is 1.87. The predicted octanol–water partition coefficient (Wildman–Crippen LogP) is 5.26. The van der Waals surface area contributed by atoms with Crippen LogP contribution in [0.15, 0.2) is 72.8 Å². The monoisotopic (exact) mass is 431 g/mol. The van der Waals surface area contributed by atoms with Crippen LogP contribution in [-0.2, 0) is 4.57 Å². The van der Waals surface area contributed by atoms with Crippen molar-refractivity contribution in [3.8, 4) is 28.7 Å². The van der Waals surface area contributed by atoms with Crippen LogP contribution in [0.1, 0.15) is 0 Å². The number of hydrogen-bond donors (Lipinski definition) is 0. The summed E-state index contributed by atoms with van der Waals surface area (Å²) in [6.07, 6.45) is 0. The Morgan fingerprint density at radius 3 is 1.23 bits per heavy atom. The molecule has 0 bridgehead atoms. The van der Waals surface area contributed by atoms with Crippen molar-refractivity contribution >= 4 is 13.5 Å². The van der Waals surface area contributed by atoms with E-state index >= 15 is 0 Å². The van der Waals surface area contributed by atoms with E-state index in [1.165, 1.54) is 38.5 Å². The molecule has 0 aromatic heterocycles. The maximum Gasteiger partial charge on any atom is 0.647 e. The van der Waals surface area contributed by atoms with Gasteiger partial charge in [-0.15, -0.1) is 0 Å². The van der Waals surface area contributed by atoms with Crippen molar-refractivity contribution in [1.29, 1.82) is 0 Å². The van der Waals surface area contributed by atoms with Crippen LogP contribution in [0.3, 0.4) is 0 Å². The van der Waals surface area contributed by atoms with Crippen molar-refractivity contribution in [3.63, 3.8) is 0 Å². The second-order valence-electron chi connectivity index (χ2n) is 5.82. The number of nitro groups is 1. The summed E-state index contributed by atoms with van der Waals surface area (Å²) in [5.41, 5.74) is -0.135. The SMILES string of the molecule is COc1ccc(OP(=O)(Oc2ccc(OC)cc2)Oc2ccc([N+](=O)[O-])cc2)cc1. The van der Waals surface area contributed by atoms with Gasteiger partial charge in [-0.3, -0.25) is 10.1 Å². The minimum Gasteiger partial charge on any atom is -0.497 e. The maximum atomic E-state index is 13.4. The van der Waals surface area contributed by atoms with Gasteiger partial charge in [-0.2, -0.15) is 4.57 Å². The third kappa shape index (κ3) is 5.42. The van der Waals surface area contributed by atoms with Gasteiger partial charge >= 0.3 is 7.82 Å². The molecule has 0 aliphatic carbocycles. The number of phosphoric ester groups is 1. The van der Waals surface area contributed by atoms with Crippen LogP contribution in [-0.4, -0.2) is 19.1 Å². The third-order valence-corrected chi connectivity index (χ3v) is 5.12. The van der Waals surface area contributed by atoms with Crippen LogP contribution in [0, 0.1) is 10.1 Å². The summed E-state index contributed by atoms with van der Waals surface area (Å²) in [5.74, 6) is 1.68. The number of phosphoric acid groups is 1. The zero-order valence-corrected chi connectivity index (χ0v) is 17.0. The van der Waals surface area contributed by atoms with Gasteiger partial charge in [0.2, 0.25) is 0 Å². The van der Waals surface area contributed by atoms with Crippen LogP contribution in [0.4, 0.5) is 5.69 Å². The molecule has 0 atom stereocenters. The highest BCUT2D eigenvalue weighted by Crippen LogP contribution is 2.50. The lowest BCUT2D eigenvalue weighted by molar-refractivity contribution is -0.384. The first-order chi connectivity index (χ1) is 14.4. The number of methoxy groups -OCH3 is 2. The number of ether oxygens (including phenoxy) is 2. The molecule has 0 saturated heterocycles. The minimum atomic E-state index is -4.22. The van der Waals surface area contributed by atoms with E-state index in [1.807, 2.05) is 0 Å². The van der Waals surface area contributed by atoms with Crippen LogP contribution in [0.2, 0.25) is 0 Å². The van der Waals surface area contributed by atoms with E-state index in [0.717, 1.165) is 0 Å². The summed E-state index contributed by atoms with van der Waals surface area (Å²) in [6, 6.07) is 17.7. The fourth-order valence-electron chi connectivity index (χ4n) is 2.35. The molecule has 9 nitrogen and oxygen atoms in total. The molecule has 0 aliphatic heterocycles. The lowest BCUT2D eigenvalue weighted by Gasteiger charge is -2.19. The van der Waals surface area contributed by atoms with Crippen molar-refractivity contribution in [2.24, 2.45) is 0 Å². The highest BCUT2D eigenvalue weighted by atomic mass is 31.2. The average molecular weight is 431 g/mol. The minimum absolute atomic E-state index is 0.0750. The van der Waals surface area contributed by atoms with Gasteiger partial charge in [-0.05, 0) is 60.7 Å². The Bertz CT molecular complexity index is 982. The highest BCUT2D eigenvalue weighted by Gasteiger charge is 2.33. The van der Waals surface area contributed by atoms with E-state index in [1.54, 1.807) is 48.5 Å². The Morgan fingerprint density at radius 1 is 0.633 bits per heavy atom. The van der Waals surface area contributed by atoms with E-state index < -0.39 is 12.7 Å². The molecule has 0 aliphatic rings. The molecule has 0 fully saturated rings. The molecule has 3 aromatic rings. The number of nitro benzene ring substituents is 1. The molecule has 3 aromatic carbocycles. The van der Waals surface area contributed by atoms with E-state index in [4.69, 9.17) is 23.0 Å². The molecule has 0 N–H and O–H groups in total. The standard InChI is InChI=1S/C20H18NO8P/c1-25-16-7-11-19(12-8-16)28-30(24,29-20-13-9-17(26-2)10-14-20)27-18-5-3-15(4-6-18)21(22)23/h3-14H,1-2H3. The van der Waals surface area contributed by atoms with Crippen molar-refractivity contribution in [2.45, 2.75) is 0 Å². The Kier molecular flexibility index (Phi) is 6.44. The van der Waals surface area contributed by atoms with Crippen LogP contribution in [0.25, 0.3) is 0 Å². The fraction of sp³-hybridized carbons (Fsp3) is 0.100. The summed E-state index contributed by atoms with van der Waals surface area (Å²) < 4.78 is 40.1. The molecule has 0 amide bonds. The zero-order valence-electron chi connectivity index (χ0n) is 16.1. The summed E-state index contributed by atoms with van der Waals surface area (Å²) in [7, 11) is -1.18. The number of non-ortho nitro benzene ring substituents is 1. The molecule has 10 heteroatoms. The first kappa shape index (κ1) is 21.0. The number of benzene rings is 3. The zero-order chi connectivity index (χ0) is 21.6. The summed E-state index contributed by atoms with van der Waals surface area (Å²) in [4.78, 5) is 10.3. The summed E-state index contributed by atoms with van der Waals surface area (Å²) in [5, 5.41) is 10.8. The van der Waals surface area contributed by atoms with Gasteiger partial charge in [-0.1, -0.05) is 0 Å². The topological polar surface area (TPSA) is 106 Å². The van der Waals surface area contributed by atoms with Gasteiger partial charge in [0.05, 0.1) is 19.1 Å². The molecule has 0 unspecified atom stereocenters. The quantitative estimate of drug-likeness (QED) is 0.257. The van der Waals surface area contributed by atoms with Gasteiger partial charge in [0.1, 0.15) is 28.7 Å². The van der Waals surface area contributed by atoms with Crippen molar-refractivity contribution in [2.75, 3.05) is 14.2 Å². The maximum absolute atomic E-state index is 13.4. The van der Waals surface area contributed by atoms with E-state index in [-0.39, 0.29) is 22.9 Å². The lowest BCUT2D eigenvalue weighted by atomic mass is 10.3. The normalized spacial score (nSPS) is 10.7. The molecular weight excluding hydrogens is 413 g/mol. The van der Waals surface area contributed by atoms with Gasteiger partial charge in [-0.25, -0.2) is 0 Å². The first-order valence-electron chi connectivity index (χ1n) is 8.62. The molecule has 0 radical (unpaired) electrons. The van der Waals surface area contributed by atoms with E-state index in [9.17, 15) is 14.7 Å². The number of nitrogens with zero attached hydrogens (tertiary/aromatic N) is 1. The molecule has 30 heavy (non-hydrogen) atoms. The van der Waals surface area contributed by atoms with E-state index in [0.29, 0.717) is 11.5 Å². The Morgan fingerprint density at radius 2 is 0.933 bits per heavy atom. The molecule has 3 rings (SSSR count). The summed E-state index contributed by atoms with van der Waals surface area (Å²) in [6.45, 7) is 0.